The second-order valence-electron chi connectivity index (χ2n) is 9.58. The molecule has 0 unspecified atom stereocenters. The molecule has 2 N–H and O–H groups in total. The maximum absolute atomic E-state index is 12.5. The number of carbonyl (C=O) groups excluding carboxylic acids is 1. The molecule has 1 aliphatic heterocycles. The van der Waals surface area contributed by atoms with E-state index in [-0.39, 0.29) is 11.7 Å². The number of aromatic nitrogens is 3. The van der Waals surface area contributed by atoms with Gasteiger partial charge in [-0.3, -0.25) is 4.79 Å². The number of pyridine rings is 1. The van der Waals surface area contributed by atoms with Gasteiger partial charge in [0.1, 0.15) is 11.4 Å². The lowest BCUT2D eigenvalue weighted by Gasteiger charge is -2.33. The van der Waals surface area contributed by atoms with Crippen LogP contribution in [0.25, 0.3) is 17.0 Å². The second kappa shape index (κ2) is 9.77. The summed E-state index contributed by atoms with van der Waals surface area (Å²) in [5.74, 6) is 0.965. The van der Waals surface area contributed by atoms with E-state index in [0.29, 0.717) is 47.0 Å². The van der Waals surface area contributed by atoms with Crippen molar-refractivity contribution < 1.29 is 14.3 Å². The third-order valence-corrected chi connectivity index (χ3v) is 5.97. The topological polar surface area (TPSA) is 109 Å². The van der Waals surface area contributed by atoms with Gasteiger partial charge in [-0.1, -0.05) is 12.6 Å². The van der Waals surface area contributed by atoms with E-state index in [1.54, 1.807) is 24.2 Å². The molecule has 1 amide bonds. The highest BCUT2D eigenvalue weighted by molar-refractivity contribution is 5.93. The lowest BCUT2D eigenvalue weighted by molar-refractivity contribution is 0.0205. The van der Waals surface area contributed by atoms with Gasteiger partial charge in [0.15, 0.2) is 0 Å². The lowest BCUT2D eigenvalue weighted by atomic mass is 9.89. The first-order valence-corrected chi connectivity index (χ1v) is 11.6. The average molecular weight is 478 g/mol. The number of nitrogens with one attached hydrogen (secondary N) is 2. The van der Waals surface area contributed by atoms with Crippen molar-refractivity contribution in [1.82, 2.24) is 20.1 Å². The van der Waals surface area contributed by atoms with Crippen LogP contribution in [0.15, 0.2) is 41.8 Å². The largest absolute Gasteiger partial charge is 0.495 e. The van der Waals surface area contributed by atoms with Gasteiger partial charge < -0.3 is 19.7 Å². The Morgan fingerprint density at radius 2 is 1.97 bits per heavy atom. The molecule has 3 aromatic rings. The van der Waals surface area contributed by atoms with E-state index in [1.165, 1.54) is 6.20 Å². The Bertz CT molecular complexity index is 1300. The van der Waals surface area contributed by atoms with E-state index in [0.717, 1.165) is 24.1 Å². The molecule has 1 fully saturated rings. The third kappa shape index (κ3) is 5.45. The average Bonchev–Trinajstić information content (AvgIpc) is 2.83. The molecule has 9 nitrogen and oxygen atoms in total. The monoisotopic (exact) mass is 477 g/mol. The number of hydrogen-bond donors (Lipinski definition) is 2. The van der Waals surface area contributed by atoms with E-state index < -0.39 is 5.60 Å². The van der Waals surface area contributed by atoms with E-state index in [9.17, 15) is 9.59 Å². The van der Waals surface area contributed by atoms with Crippen molar-refractivity contribution in [3.8, 4) is 5.75 Å². The number of hydrogen-bond acceptors (Lipinski definition) is 7. The number of aromatic amines is 1. The Labute approximate surface area is 204 Å². The van der Waals surface area contributed by atoms with Crippen LogP contribution in [-0.2, 0) is 4.74 Å². The molecular weight excluding hydrogens is 446 g/mol. The summed E-state index contributed by atoms with van der Waals surface area (Å²) in [5, 5.41) is 10.0. The number of fused-ring (bicyclic) bond motifs is 1. The number of rotatable bonds is 5. The molecule has 3 heterocycles. The molecule has 2 aromatic heterocycles. The molecule has 0 radical (unpaired) electrons. The molecule has 0 atom stereocenters. The Balaban J connectivity index is 1.54. The van der Waals surface area contributed by atoms with Gasteiger partial charge in [-0.25, -0.2) is 14.9 Å². The van der Waals surface area contributed by atoms with Gasteiger partial charge in [0.2, 0.25) is 0 Å². The van der Waals surface area contributed by atoms with Crippen molar-refractivity contribution >= 4 is 34.4 Å². The van der Waals surface area contributed by atoms with Crippen LogP contribution in [0, 0.1) is 0 Å². The molecule has 1 aliphatic rings. The van der Waals surface area contributed by atoms with Crippen LogP contribution in [0.3, 0.4) is 0 Å². The molecule has 9 heteroatoms. The first kappa shape index (κ1) is 24.3. The van der Waals surface area contributed by atoms with Crippen LogP contribution < -0.4 is 15.6 Å². The molecular formula is C26H31N5O4. The van der Waals surface area contributed by atoms with Crippen LogP contribution >= 0.6 is 0 Å². The van der Waals surface area contributed by atoms with E-state index >= 15 is 0 Å². The van der Waals surface area contributed by atoms with Gasteiger partial charge in [0, 0.05) is 13.1 Å². The van der Waals surface area contributed by atoms with Crippen molar-refractivity contribution in [3.63, 3.8) is 0 Å². The number of anilines is 2. The number of carbonyl (C=O) groups is 1. The van der Waals surface area contributed by atoms with Crippen molar-refractivity contribution in [2.75, 3.05) is 25.5 Å². The fourth-order valence-electron chi connectivity index (χ4n) is 4.26. The number of piperidine rings is 1. The van der Waals surface area contributed by atoms with E-state index in [2.05, 4.69) is 33.1 Å². The SMILES string of the molecule is C=Cc1cc(Nc2ccc(C3CCN(C(=O)OC(C)(C)C)CC3)cc2OC)c2c(=O)[nH]ncc2n1. The van der Waals surface area contributed by atoms with Crippen LogP contribution in [0.1, 0.15) is 50.8 Å². The Morgan fingerprint density at radius 3 is 2.63 bits per heavy atom. The summed E-state index contributed by atoms with van der Waals surface area (Å²) in [6, 6.07) is 7.79. The molecule has 35 heavy (non-hydrogen) atoms. The van der Waals surface area contributed by atoms with Gasteiger partial charge >= 0.3 is 6.09 Å². The molecule has 0 spiro atoms. The van der Waals surface area contributed by atoms with Crippen molar-refractivity contribution in [1.29, 1.82) is 0 Å². The first-order chi connectivity index (χ1) is 16.7. The van der Waals surface area contributed by atoms with E-state index in [4.69, 9.17) is 9.47 Å². The zero-order valence-corrected chi connectivity index (χ0v) is 20.6. The minimum atomic E-state index is -0.502. The van der Waals surface area contributed by atoms with Crippen molar-refractivity contribution in [3.05, 3.63) is 58.7 Å². The molecule has 4 rings (SSSR count). The molecule has 0 aliphatic carbocycles. The Hall–Kier alpha value is -3.88. The van der Waals surface area contributed by atoms with Crippen LogP contribution in [-0.4, -0.2) is 52.0 Å². The highest BCUT2D eigenvalue weighted by Crippen LogP contribution is 2.36. The zero-order chi connectivity index (χ0) is 25.2. The van der Waals surface area contributed by atoms with Gasteiger partial charge in [0.05, 0.1) is 41.3 Å². The minimum Gasteiger partial charge on any atom is -0.495 e. The number of benzene rings is 1. The maximum Gasteiger partial charge on any atom is 0.410 e. The predicted octanol–water partition coefficient (Wildman–Crippen LogP) is 4.83. The van der Waals surface area contributed by atoms with Gasteiger partial charge in [-0.2, -0.15) is 5.10 Å². The smallest absolute Gasteiger partial charge is 0.410 e. The van der Waals surface area contributed by atoms with Crippen LogP contribution in [0.2, 0.25) is 0 Å². The standard InChI is InChI=1S/C26H31N5O4/c1-6-18-14-20(23-21(28-18)15-27-30-24(23)32)29-19-8-7-17(13-22(19)34-5)16-9-11-31(12-10-16)25(33)35-26(2,3)4/h6-8,13-16H,1,9-12H2,2-5H3,(H,28,29)(H,30,32). The second-order valence-corrected chi connectivity index (χ2v) is 9.58. The maximum atomic E-state index is 12.5. The first-order valence-electron chi connectivity index (χ1n) is 11.6. The summed E-state index contributed by atoms with van der Waals surface area (Å²) >= 11 is 0. The van der Waals surface area contributed by atoms with Gasteiger partial charge in [0.25, 0.3) is 5.56 Å². The highest BCUT2D eigenvalue weighted by Gasteiger charge is 2.28. The van der Waals surface area contributed by atoms with Crippen molar-refractivity contribution in [2.45, 2.75) is 45.1 Å². The summed E-state index contributed by atoms with van der Waals surface area (Å²) in [7, 11) is 1.62. The summed E-state index contributed by atoms with van der Waals surface area (Å²) in [5.41, 5.74) is 2.72. The normalized spacial score (nSPS) is 14.6. The molecule has 1 aromatic carbocycles. The number of likely N-dealkylation sites (tertiary alicyclic amines) is 1. The zero-order valence-electron chi connectivity index (χ0n) is 20.6. The minimum absolute atomic E-state index is 0.262. The summed E-state index contributed by atoms with van der Waals surface area (Å²) in [6.07, 6.45) is 4.56. The molecule has 184 valence electrons. The lowest BCUT2D eigenvalue weighted by Crippen LogP contribution is -2.41. The Morgan fingerprint density at radius 1 is 1.23 bits per heavy atom. The van der Waals surface area contributed by atoms with Gasteiger partial charge in [-0.05, 0) is 69.4 Å². The third-order valence-electron chi connectivity index (χ3n) is 5.97. The highest BCUT2D eigenvalue weighted by atomic mass is 16.6. The molecule has 1 saturated heterocycles. The van der Waals surface area contributed by atoms with Crippen molar-refractivity contribution in [2.24, 2.45) is 0 Å². The quantitative estimate of drug-likeness (QED) is 0.542. The number of ether oxygens (including phenoxy) is 2. The number of nitrogens with zero attached hydrogens (tertiary/aromatic N) is 3. The van der Waals surface area contributed by atoms with Crippen LogP contribution in [0.5, 0.6) is 5.75 Å². The fourth-order valence-corrected chi connectivity index (χ4v) is 4.26. The van der Waals surface area contributed by atoms with Crippen LogP contribution in [0.4, 0.5) is 16.2 Å². The summed E-state index contributed by atoms with van der Waals surface area (Å²) in [4.78, 5) is 31.0. The van der Waals surface area contributed by atoms with Gasteiger partial charge in [-0.15, -0.1) is 0 Å². The number of methoxy groups -OCH3 is 1. The number of H-pyrrole nitrogens is 1. The fraction of sp³-hybridized carbons (Fsp3) is 0.385. The summed E-state index contributed by atoms with van der Waals surface area (Å²) < 4.78 is 11.2. The Kier molecular flexibility index (Phi) is 6.77. The number of amides is 1. The molecule has 0 bridgehead atoms. The van der Waals surface area contributed by atoms with E-state index in [1.807, 2.05) is 32.9 Å². The summed E-state index contributed by atoms with van der Waals surface area (Å²) in [6.45, 7) is 10.7. The predicted molar refractivity (Wildman–Crippen MR) is 136 cm³/mol. The molecule has 0 saturated carbocycles.